The van der Waals surface area contributed by atoms with Crippen LogP contribution in [-0.2, 0) is 6.42 Å². The number of nitrogens with zero attached hydrogens (tertiary/aromatic N) is 1. The van der Waals surface area contributed by atoms with Crippen molar-refractivity contribution in [3.8, 4) is 6.07 Å². The molecule has 0 radical (unpaired) electrons. The predicted octanol–water partition coefficient (Wildman–Crippen LogP) is 3.97. The predicted molar refractivity (Wildman–Crippen MR) is 79.2 cm³/mol. The molecule has 0 aliphatic rings. The minimum atomic E-state index is -0.193. The van der Waals surface area contributed by atoms with E-state index in [4.69, 9.17) is 5.26 Å². The largest absolute Gasteiger partial charge is 0.385 e. The fourth-order valence-electron chi connectivity index (χ4n) is 2.18. The summed E-state index contributed by atoms with van der Waals surface area (Å²) in [5.74, 6) is -0.193. The van der Waals surface area contributed by atoms with Crippen LogP contribution in [0.1, 0.15) is 22.3 Å². The van der Waals surface area contributed by atoms with Gasteiger partial charge in [-0.15, -0.1) is 0 Å². The molecule has 0 aromatic heterocycles. The molecule has 0 unspecified atom stereocenters. The van der Waals surface area contributed by atoms with Gasteiger partial charge in [-0.2, -0.15) is 5.26 Å². The lowest BCUT2D eigenvalue weighted by Crippen LogP contribution is -2.06. The van der Waals surface area contributed by atoms with E-state index in [1.54, 1.807) is 6.07 Å². The topological polar surface area (TPSA) is 35.8 Å². The normalized spacial score (nSPS) is 10.1. The number of hydrogen-bond donors (Lipinski definition) is 1. The van der Waals surface area contributed by atoms with Gasteiger partial charge in [-0.1, -0.05) is 6.07 Å². The van der Waals surface area contributed by atoms with E-state index in [2.05, 4.69) is 11.4 Å². The van der Waals surface area contributed by atoms with Gasteiger partial charge in [-0.25, -0.2) is 4.39 Å². The first-order chi connectivity index (χ1) is 9.60. The summed E-state index contributed by atoms with van der Waals surface area (Å²) in [5.41, 5.74) is 4.79. The van der Waals surface area contributed by atoms with E-state index in [9.17, 15) is 4.39 Å². The van der Waals surface area contributed by atoms with E-state index >= 15 is 0 Å². The van der Waals surface area contributed by atoms with Crippen LogP contribution in [0.3, 0.4) is 0 Å². The molecule has 1 N–H and O–H groups in total. The smallest absolute Gasteiger partial charge is 0.123 e. The van der Waals surface area contributed by atoms with E-state index in [0.29, 0.717) is 5.56 Å². The van der Waals surface area contributed by atoms with Gasteiger partial charge in [0, 0.05) is 12.2 Å². The molecule has 2 nitrogen and oxygen atoms in total. The molecule has 0 aliphatic carbocycles. The molecule has 2 aromatic carbocycles. The fourth-order valence-corrected chi connectivity index (χ4v) is 2.18. The highest BCUT2D eigenvalue weighted by molar-refractivity contribution is 5.51. The highest BCUT2D eigenvalue weighted by atomic mass is 19.1. The van der Waals surface area contributed by atoms with Crippen LogP contribution in [0.25, 0.3) is 0 Å². The summed E-state index contributed by atoms with van der Waals surface area (Å²) in [6, 6.07) is 12.7. The van der Waals surface area contributed by atoms with Crippen molar-refractivity contribution < 1.29 is 4.39 Å². The minimum Gasteiger partial charge on any atom is -0.385 e. The van der Waals surface area contributed by atoms with Gasteiger partial charge in [0.15, 0.2) is 0 Å². The zero-order valence-corrected chi connectivity index (χ0v) is 11.7. The lowest BCUT2D eigenvalue weighted by molar-refractivity contribution is 0.625. The van der Waals surface area contributed by atoms with Crippen LogP contribution >= 0.6 is 0 Å². The Labute approximate surface area is 118 Å². The number of benzene rings is 2. The van der Waals surface area contributed by atoms with E-state index < -0.39 is 0 Å². The third kappa shape index (κ3) is 3.36. The lowest BCUT2D eigenvalue weighted by atomic mass is 10.1. The number of halogens is 1. The minimum absolute atomic E-state index is 0.193. The third-order valence-electron chi connectivity index (χ3n) is 3.37. The van der Waals surface area contributed by atoms with Gasteiger partial charge in [0.2, 0.25) is 0 Å². The van der Waals surface area contributed by atoms with Crippen molar-refractivity contribution in [3.63, 3.8) is 0 Å². The maximum Gasteiger partial charge on any atom is 0.123 e. The Bertz CT molecular complexity index is 657. The van der Waals surface area contributed by atoms with Crippen LogP contribution in [0.2, 0.25) is 0 Å². The molecule has 0 heterocycles. The summed E-state index contributed by atoms with van der Waals surface area (Å²) in [7, 11) is 0. The second kappa shape index (κ2) is 6.21. The Balaban J connectivity index is 1.96. The molecule has 20 heavy (non-hydrogen) atoms. The number of rotatable bonds is 4. The van der Waals surface area contributed by atoms with Crippen molar-refractivity contribution in [1.29, 1.82) is 5.26 Å². The molecule has 0 saturated carbocycles. The number of hydrogen-bond acceptors (Lipinski definition) is 2. The van der Waals surface area contributed by atoms with Crippen molar-refractivity contribution in [2.45, 2.75) is 20.3 Å². The van der Waals surface area contributed by atoms with E-state index in [-0.39, 0.29) is 5.82 Å². The first-order valence-electron chi connectivity index (χ1n) is 6.60. The average Bonchev–Trinajstić information content (AvgIpc) is 2.41. The zero-order valence-electron chi connectivity index (χ0n) is 11.7. The summed E-state index contributed by atoms with van der Waals surface area (Å²) in [4.78, 5) is 0. The fraction of sp³-hybridized carbons (Fsp3) is 0.235. The maximum atomic E-state index is 13.0. The van der Waals surface area contributed by atoms with Crippen molar-refractivity contribution in [2.75, 3.05) is 11.9 Å². The monoisotopic (exact) mass is 268 g/mol. The molecular formula is C17H17FN2. The highest BCUT2D eigenvalue weighted by Crippen LogP contribution is 2.15. The number of aryl methyl sites for hydroxylation is 2. The second-order valence-electron chi connectivity index (χ2n) is 4.89. The van der Waals surface area contributed by atoms with Gasteiger partial charge >= 0.3 is 0 Å². The average molecular weight is 268 g/mol. The molecular weight excluding hydrogens is 251 g/mol. The Kier molecular flexibility index (Phi) is 4.37. The molecule has 0 saturated heterocycles. The molecule has 3 heteroatoms. The van der Waals surface area contributed by atoms with Crippen LogP contribution in [0.5, 0.6) is 0 Å². The summed E-state index contributed by atoms with van der Waals surface area (Å²) in [6.07, 6.45) is 0.838. The Morgan fingerprint density at radius 3 is 2.55 bits per heavy atom. The van der Waals surface area contributed by atoms with E-state index in [1.165, 1.54) is 6.07 Å². The van der Waals surface area contributed by atoms with Crippen molar-refractivity contribution >= 4 is 5.69 Å². The van der Waals surface area contributed by atoms with E-state index in [0.717, 1.165) is 35.3 Å². The molecule has 0 bridgehead atoms. The summed E-state index contributed by atoms with van der Waals surface area (Å²) < 4.78 is 13.0. The Hall–Kier alpha value is -2.34. The summed E-state index contributed by atoms with van der Waals surface area (Å²) in [5, 5.41) is 12.2. The maximum absolute atomic E-state index is 13.0. The molecule has 2 aromatic rings. The first kappa shape index (κ1) is 14.1. The van der Waals surface area contributed by atoms with Crippen LogP contribution in [0.15, 0.2) is 36.4 Å². The number of anilines is 1. The third-order valence-corrected chi connectivity index (χ3v) is 3.37. The summed E-state index contributed by atoms with van der Waals surface area (Å²) >= 11 is 0. The van der Waals surface area contributed by atoms with Gasteiger partial charge in [0.25, 0.3) is 0 Å². The van der Waals surface area contributed by atoms with Crippen molar-refractivity contribution in [3.05, 3.63) is 64.5 Å². The van der Waals surface area contributed by atoms with Gasteiger partial charge in [0.05, 0.1) is 11.6 Å². The Morgan fingerprint density at radius 1 is 1.10 bits per heavy atom. The van der Waals surface area contributed by atoms with Crippen LogP contribution in [0, 0.1) is 31.0 Å². The SMILES string of the molecule is Cc1cc(NCCc2ccc(F)cc2C)ccc1C#N. The zero-order chi connectivity index (χ0) is 14.5. The first-order valence-corrected chi connectivity index (χ1v) is 6.60. The number of nitriles is 1. The molecule has 102 valence electrons. The van der Waals surface area contributed by atoms with Gasteiger partial charge in [-0.3, -0.25) is 0 Å². The molecule has 0 spiro atoms. The lowest BCUT2D eigenvalue weighted by Gasteiger charge is -2.09. The molecule has 0 amide bonds. The second-order valence-corrected chi connectivity index (χ2v) is 4.89. The van der Waals surface area contributed by atoms with Crippen LogP contribution < -0.4 is 5.32 Å². The van der Waals surface area contributed by atoms with E-state index in [1.807, 2.05) is 38.1 Å². The van der Waals surface area contributed by atoms with Crippen molar-refractivity contribution in [1.82, 2.24) is 0 Å². The molecule has 0 atom stereocenters. The molecule has 0 fully saturated rings. The molecule has 0 aliphatic heterocycles. The molecule has 2 rings (SSSR count). The van der Waals surface area contributed by atoms with Gasteiger partial charge < -0.3 is 5.32 Å². The highest BCUT2D eigenvalue weighted by Gasteiger charge is 2.01. The van der Waals surface area contributed by atoms with Crippen molar-refractivity contribution in [2.24, 2.45) is 0 Å². The standard InChI is InChI=1S/C17H17FN2/c1-12-9-16(18)5-3-14(12)7-8-20-17-6-4-15(11-19)13(2)10-17/h3-6,9-10,20H,7-8H2,1-2H3. The van der Waals surface area contributed by atoms with Crippen LogP contribution in [-0.4, -0.2) is 6.54 Å². The van der Waals surface area contributed by atoms with Gasteiger partial charge in [-0.05, 0) is 67.3 Å². The van der Waals surface area contributed by atoms with Crippen LogP contribution in [0.4, 0.5) is 10.1 Å². The quantitative estimate of drug-likeness (QED) is 0.910. The Morgan fingerprint density at radius 2 is 1.90 bits per heavy atom. The van der Waals surface area contributed by atoms with Gasteiger partial charge in [0.1, 0.15) is 5.82 Å². The summed E-state index contributed by atoms with van der Waals surface area (Å²) in [6.45, 7) is 4.62. The number of nitrogens with one attached hydrogen (secondary N) is 1.